The Balaban J connectivity index is 1.85. The second-order valence-corrected chi connectivity index (χ2v) is 7.21. The van der Waals surface area contributed by atoms with Crippen LogP contribution >= 0.6 is 0 Å². The molecule has 1 aliphatic heterocycles. The minimum absolute atomic E-state index is 0.141. The Morgan fingerprint density at radius 2 is 1.89 bits per heavy atom. The van der Waals surface area contributed by atoms with Crippen LogP contribution in [-0.4, -0.2) is 67.3 Å². The van der Waals surface area contributed by atoms with Gasteiger partial charge in [0.2, 0.25) is 5.91 Å². The van der Waals surface area contributed by atoms with Crippen LogP contribution in [0.5, 0.6) is 5.75 Å². The third kappa shape index (κ3) is 3.59. The fourth-order valence-electron chi connectivity index (χ4n) is 3.87. The zero-order valence-corrected chi connectivity index (χ0v) is 16.4. The molecule has 1 heterocycles. The normalized spacial score (nSPS) is 21.1. The van der Waals surface area contributed by atoms with E-state index < -0.39 is 6.04 Å². The van der Waals surface area contributed by atoms with Gasteiger partial charge in [0.1, 0.15) is 11.8 Å². The maximum absolute atomic E-state index is 12.5. The van der Waals surface area contributed by atoms with Crippen molar-refractivity contribution in [2.45, 2.75) is 18.0 Å². The Hall–Kier alpha value is -2.88. The van der Waals surface area contributed by atoms with Gasteiger partial charge in [-0.1, -0.05) is 42.5 Å². The number of hydrogen-bond acceptors (Lipinski definition) is 5. The highest BCUT2D eigenvalue weighted by atomic mass is 16.5. The summed E-state index contributed by atoms with van der Waals surface area (Å²) in [5.74, 6) is 0.452. The van der Waals surface area contributed by atoms with Crippen molar-refractivity contribution in [3.05, 3.63) is 54.1 Å². The summed E-state index contributed by atoms with van der Waals surface area (Å²) in [6.07, 6.45) is 0. The number of methoxy groups -OCH3 is 1. The van der Waals surface area contributed by atoms with Crippen molar-refractivity contribution in [3.8, 4) is 22.9 Å². The largest absolute Gasteiger partial charge is 0.496 e. The van der Waals surface area contributed by atoms with Crippen molar-refractivity contribution in [2.24, 2.45) is 0 Å². The van der Waals surface area contributed by atoms with Crippen molar-refractivity contribution in [1.29, 1.82) is 5.26 Å². The fraction of sp³-hybridized carbons (Fsp3) is 0.364. The lowest BCUT2D eigenvalue weighted by molar-refractivity contribution is -0.147. The van der Waals surface area contributed by atoms with Crippen LogP contribution in [0.15, 0.2) is 48.5 Å². The van der Waals surface area contributed by atoms with E-state index in [1.54, 1.807) is 26.1 Å². The highest BCUT2D eigenvalue weighted by Crippen LogP contribution is 2.41. The number of aliphatic hydroxyl groups is 1. The lowest BCUT2D eigenvalue weighted by atomic mass is 9.75. The molecule has 3 rings (SSSR count). The quantitative estimate of drug-likeness (QED) is 0.832. The van der Waals surface area contributed by atoms with E-state index in [1.807, 2.05) is 48.5 Å². The Kier molecular flexibility index (Phi) is 5.98. The number of rotatable bonds is 6. The number of benzene rings is 2. The van der Waals surface area contributed by atoms with Gasteiger partial charge in [0.05, 0.1) is 32.4 Å². The van der Waals surface area contributed by atoms with E-state index in [1.165, 1.54) is 4.90 Å². The molecule has 146 valence electrons. The number of para-hydroxylation sites is 1. The Morgan fingerprint density at radius 1 is 1.21 bits per heavy atom. The molecule has 1 N–H and O–H groups in total. The van der Waals surface area contributed by atoms with Crippen molar-refractivity contribution < 1.29 is 14.6 Å². The molecule has 0 saturated carbocycles. The van der Waals surface area contributed by atoms with Crippen molar-refractivity contribution in [2.75, 3.05) is 34.4 Å². The first kappa shape index (κ1) is 19.9. The average molecular weight is 379 g/mol. The number of nitriles is 1. The maximum atomic E-state index is 12.5. The van der Waals surface area contributed by atoms with Gasteiger partial charge in [0.25, 0.3) is 0 Å². The Morgan fingerprint density at radius 3 is 2.46 bits per heavy atom. The molecule has 0 aromatic heterocycles. The fourth-order valence-corrected chi connectivity index (χ4v) is 3.87. The van der Waals surface area contributed by atoms with E-state index in [4.69, 9.17) is 4.74 Å². The molecular formula is C22H25N3O3. The molecular weight excluding hydrogens is 354 g/mol. The first-order chi connectivity index (χ1) is 13.5. The molecule has 6 heteroatoms. The van der Waals surface area contributed by atoms with Crippen LogP contribution in [0.1, 0.15) is 11.5 Å². The number of ether oxygens (including phenoxy) is 1. The molecule has 0 aliphatic carbocycles. The topological polar surface area (TPSA) is 76.8 Å². The van der Waals surface area contributed by atoms with Crippen LogP contribution < -0.4 is 4.74 Å². The summed E-state index contributed by atoms with van der Waals surface area (Å²) in [4.78, 5) is 15.7. The molecule has 0 unspecified atom stereocenters. The average Bonchev–Trinajstić information content (AvgIpc) is 2.68. The number of amides is 1. The number of likely N-dealkylation sites (N-methyl/N-ethyl adjacent to an activating group) is 1. The summed E-state index contributed by atoms with van der Waals surface area (Å²) < 4.78 is 5.43. The summed E-state index contributed by atoms with van der Waals surface area (Å²) in [6.45, 7) is 0.0460. The van der Waals surface area contributed by atoms with E-state index in [0.29, 0.717) is 0 Å². The summed E-state index contributed by atoms with van der Waals surface area (Å²) >= 11 is 0. The number of likely N-dealkylation sites (tertiary alicyclic amines) is 1. The Labute approximate surface area is 165 Å². The second kappa shape index (κ2) is 8.42. The number of aliphatic hydroxyl groups excluding tert-OH is 1. The van der Waals surface area contributed by atoms with Crippen molar-refractivity contribution >= 4 is 5.91 Å². The highest BCUT2D eigenvalue weighted by molar-refractivity contribution is 5.81. The van der Waals surface area contributed by atoms with Crippen LogP contribution in [0.2, 0.25) is 0 Å². The first-order valence-electron chi connectivity index (χ1n) is 9.21. The van der Waals surface area contributed by atoms with Gasteiger partial charge in [-0.3, -0.25) is 4.79 Å². The minimum atomic E-state index is -0.568. The van der Waals surface area contributed by atoms with Gasteiger partial charge in [0, 0.05) is 11.5 Å². The van der Waals surface area contributed by atoms with Crippen LogP contribution in [0.3, 0.4) is 0 Å². The third-order valence-corrected chi connectivity index (χ3v) is 5.18. The van der Waals surface area contributed by atoms with Crippen molar-refractivity contribution in [1.82, 2.24) is 9.80 Å². The predicted octanol–water partition coefficient (Wildman–Crippen LogP) is 2.10. The molecule has 1 saturated heterocycles. The molecule has 28 heavy (non-hydrogen) atoms. The molecule has 1 fully saturated rings. The molecule has 0 spiro atoms. The molecule has 0 bridgehead atoms. The summed E-state index contributed by atoms with van der Waals surface area (Å²) in [7, 11) is 5.26. The number of carbonyl (C=O) groups is 1. The number of nitrogens with zero attached hydrogens (tertiary/aromatic N) is 3. The standard InChI is InChI=1S/C22H25N3O3/c1-24(2)13-21(27)25-18(12-23)22(19(25)14-26)16-10-8-15(9-11-16)17-6-4-5-7-20(17)28-3/h4-11,18-19,22,26H,13-14H2,1-3H3/t18-,19+,22+/m1/s1. The van der Waals surface area contributed by atoms with E-state index >= 15 is 0 Å². The van der Waals surface area contributed by atoms with Crippen molar-refractivity contribution in [3.63, 3.8) is 0 Å². The molecule has 3 atom stereocenters. The van der Waals surface area contributed by atoms with E-state index in [9.17, 15) is 15.2 Å². The molecule has 1 aliphatic rings. The maximum Gasteiger partial charge on any atom is 0.238 e. The van der Waals surface area contributed by atoms with Gasteiger partial charge < -0.3 is 19.6 Å². The van der Waals surface area contributed by atoms with Gasteiger partial charge in [-0.25, -0.2) is 0 Å². The Bertz CT molecular complexity index is 873. The smallest absolute Gasteiger partial charge is 0.238 e. The minimum Gasteiger partial charge on any atom is -0.496 e. The number of hydrogen-bond donors (Lipinski definition) is 1. The van der Waals surface area contributed by atoms with Gasteiger partial charge >= 0.3 is 0 Å². The molecule has 0 radical (unpaired) electrons. The third-order valence-electron chi connectivity index (χ3n) is 5.18. The van der Waals surface area contributed by atoms with Crippen LogP contribution in [0.4, 0.5) is 0 Å². The summed E-state index contributed by atoms with van der Waals surface area (Å²) in [5.41, 5.74) is 2.94. The van der Waals surface area contributed by atoms with E-state index in [0.717, 1.165) is 22.4 Å². The number of carbonyl (C=O) groups excluding carboxylic acids is 1. The summed E-state index contributed by atoms with van der Waals surface area (Å²) in [6, 6.07) is 17.0. The summed E-state index contributed by atoms with van der Waals surface area (Å²) in [5, 5.41) is 19.5. The monoisotopic (exact) mass is 379 g/mol. The van der Waals surface area contributed by atoms with E-state index in [2.05, 4.69) is 6.07 Å². The van der Waals surface area contributed by atoms with Gasteiger partial charge in [-0.2, -0.15) is 5.26 Å². The lowest BCUT2D eigenvalue weighted by Gasteiger charge is -2.51. The molecule has 2 aromatic rings. The van der Waals surface area contributed by atoms with Gasteiger partial charge in [-0.05, 0) is 31.3 Å². The van der Waals surface area contributed by atoms with Crippen LogP contribution in [0, 0.1) is 11.3 Å². The van der Waals surface area contributed by atoms with Gasteiger partial charge in [-0.15, -0.1) is 0 Å². The zero-order chi connectivity index (χ0) is 20.3. The highest BCUT2D eigenvalue weighted by Gasteiger charge is 2.51. The zero-order valence-electron chi connectivity index (χ0n) is 16.4. The molecule has 6 nitrogen and oxygen atoms in total. The van der Waals surface area contributed by atoms with Gasteiger partial charge in [0.15, 0.2) is 0 Å². The molecule has 1 amide bonds. The SMILES string of the molecule is COc1ccccc1-c1ccc([C@H]2[C@@H](C#N)N(C(=O)CN(C)C)[C@H]2CO)cc1. The lowest BCUT2D eigenvalue weighted by Crippen LogP contribution is -2.66. The van der Waals surface area contributed by atoms with Crippen LogP contribution in [0.25, 0.3) is 11.1 Å². The second-order valence-electron chi connectivity index (χ2n) is 7.21. The first-order valence-corrected chi connectivity index (χ1v) is 9.21. The van der Waals surface area contributed by atoms with Crippen LogP contribution in [-0.2, 0) is 4.79 Å². The predicted molar refractivity (Wildman–Crippen MR) is 107 cm³/mol. The molecule has 2 aromatic carbocycles. The van der Waals surface area contributed by atoms with E-state index in [-0.39, 0.29) is 31.0 Å².